The van der Waals surface area contributed by atoms with Crippen molar-refractivity contribution in [2.24, 2.45) is 0 Å². The summed E-state index contributed by atoms with van der Waals surface area (Å²) in [7, 11) is 0. The number of carboxylic acid groups (broad SMARTS) is 1. The molecule has 9 heteroatoms. The molecule has 2 unspecified atom stereocenters. The van der Waals surface area contributed by atoms with Gasteiger partial charge in [0.25, 0.3) is 0 Å². The fourth-order valence-corrected chi connectivity index (χ4v) is 1.34. The van der Waals surface area contributed by atoms with Crippen LogP contribution in [0.2, 0.25) is 0 Å². The van der Waals surface area contributed by atoms with Gasteiger partial charge in [-0.05, 0) is 0 Å². The topological polar surface area (TPSA) is 136 Å². The lowest BCUT2D eigenvalue weighted by molar-refractivity contribution is -0.163. The first-order valence-electron chi connectivity index (χ1n) is 6.12. The third-order valence-corrected chi connectivity index (χ3v) is 2.17. The van der Waals surface area contributed by atoms with E-state index in [9.17, 15) is 19.2 Å². The first-order chi connectivity index (χ1) is 9.77. The van der Waals surface area contributed by atoms with Crippen molar-refractivity contribution in [1.29, 1.82) is 0 Å². The Morgan fingerprint density at radius 1 is 1.38 bits per heavy atom. The second-order valence-electron chi connectivity index (χ2n) is 4.00. The Bertz CT molecular complexity index is 396. The van der Waals surface area contributed by atoms with E-state index in [1.165, 1.54) is 6.92 Å². The Balaban J connectivity index is 0. The second kappa shape index (κ2) is 9.70. The third-order valence-electron chi connectivity index (χ3n) is 2.17. The number of carboxylic acids is 1. The van der Waals surface area contributed by atoms with Crippen molar-refractivity contribution >= 4 is 23.9 Å². The van der Waals surface area contributed by atoms with Gasteiger partial charge in [0, 0.05) is 34.7 Å². The van der Waals surface area contributed by atoms with Crippen molar-refractivity contribution in [3.63, 3.8) is 0 Å². The fourth-order valence-electron chi connectivity index (χ4n) is 1.34. The smallest absolute Gasteiger partial charge is 0.347 e. The summed E-state index contributed by atoms with van der Waals surface area (Å²) >= 11 is 0. The molecule has 1 fully saturated rings. The monoisotopic (exact) mass is 309 g/mol. The highest BCUT2D eigenvalue weighted by molar-refractivity contribution is 5.79. The maximum Gasteiger partial charge on any atom is 0.347 e. The number of aliphatic hydroxyl groups is 1. The summed E-state index contributed by atoms with van der Waals surface area (Å²) in [5, 5.41) is 16.7. The number of hydrogen-bond acceptors (Lipinski definition) is 8. The lowest BCUT2D eigenvalue weighted by Gasteiger charge is -2.09. The van der Waals surface area contributed by atoms with Gasteiger partial charge in [0.2, 0.25) is 12.2 Å². The summed E-state index contributed by atoms with van der Waals surface area (Å²) in [5.41, 5.74) is 0. The molecule has 0 aromatic heterocycles. The van der Waals surface area contributed by atoms with E-state index in [4.69, 9.17) is 10.2 Å². The highest BCUT2D eigenvalue weighted by Gasteiger charge is 2.28. The van der Waals surface area contributed by atoms with Gasteiger partial charge in [-0.25, -0.2) is 9.59 Å². The predicted molar refractivity (Wildman–Crippen MR) is 68.1 cm³/mol. The maximum atomic E-state index is 10.6. The van der Waals surface area contributed by atoms with E-state index in [1.54, 1.807) is 0 Å². The van der Waals surface area contributed by atoms with Crippen LogP contribution in [0.25, 0.3) is 0 Å². The molecular formula is C12H20O9. The van der Waals surface area contributed by atoms with Crippen LogP contribution in [0.3, 0.4) is 0 Å². The van der Waals surface area contributed by atoms with Crippen molar-refractivity contribution in [2.45, 2.75) is 38.9 Å². The summed E-state index contributed by atoms with van der Waals surface area (Å²) in [5.74, 6) is -2.78. The number of aliphatic hydroxyl groups excluding tert-OH is 1. The van der Waals surface area contributed by atoms with Gasteiger partial charge in [0.1, 0.15) is 0 Å². The number of rotatable bonds is 5. The Labute approximate surface area is 122 Å². The van der Waals surface area contributed by atoms with Crippen LogP contribution < -0.4 is 0 Å². The van der Waals surface area contributed by atoms with Crippen LogP contribution >= 0.6 is 0 Å². The minimum absolute atomic E-state index is 0. The van der Waals surface area contributed by atoms with Crippen LogP contribution in [-0.4, -0.2) is 59.5 Å². The Morgan fingerprint density at radius 3 is 2.33 bits per heavy atom. The summed E-state index contributed by atoms with van der Waals surface area (Å²) in [4.78, 5) is 41.4. The van der Waals surface area contributed by atoms with Crippen LogP contribution in [0.15, 0.2) is 0 Å². The van der Waals surface area contributed by atoms with E-state index in [1.807, 2.05) is 0 Å². The van der Waals surface area contributed by atoms with E-state index in [-0.39, 0.29) is 14.5 Å². The average Bonchev–Trinajstić information content (AvgIpc) is 2.74. The highest BCUT2D eigenvalue weighted by Crippen LogP contribution is 2.09. The van der Waals surface area contributed by atoms with Crippen LogP contribution in [0.1, 0.15) is 28.1 Å². The summed E-state index contributed by atoms with van der Waals surface area (Å²) < 4.78 is 13.5. The van der Waals surface area contributed by atoms with E-state index in [2.05, 4.69) is 14.2 Å². The molecule has 0 aliphatic carbocycles. The van der Waals surface area contributed by atoms with E-state index >= 15 is 0 Å². The van der Waals surface area contributed by atoms with Crippen molar-refractivity contribution in [3.8, 4) is 0 Å². The summed E-state index contributed by atoms with van der Waals surface area (Å²) in [6.07, 6.45) is -1.47. The molecule has 1 aliphatic heterocycles. The lowest BCUT2D eigenvalue weighted by atomic mass is 10.3. The molecule has 2 atom stereocenters. The molecule has 2 N–H and O–H groups in total. The molecule has 0 aromatic rings. The summed E-state index contributed by atoms with van der Waals surface area (Å²) in [6.45, 7) is 2.43. The van der Waals surface area contributed by atoms with Crippen LogP contribution in [0.5, 0.6) is 0 Å². The van der Waals surface area contributed by atoms with Crippen LogP contribution in [0.4, 0.5) is 0 Å². The van der Waals surface area contributed by atoms with Gasteiger partial charge in [0.05, 0.1) is 6.61 Å². The standard InChI is InChI=1S/C6H10O5.C6H8O4.H2/c1-4(8)11-5(2-3-7)6(9)10;1-4(7)10-5-2-3-9-6(5)8;/h5,7H,2-3H2,1H3,(H,9,10);5H,2-3H2,1H3;1H/i;;1+1. The predicted octanol–water partition coefficient (Wildman–Crippen LogP) is -0.504. The molecule has 21 heavy (non-hydrogen) atoms. The molecule has 122 valence electrons. The van der Waals surface area contributed by atoms with Crippen molar-refractivity contribution in [2.75, 3.05) is 13.2 Å². The molecule has 9 nitrogen and oxygen atoms in total. The normalized spacial score (nSPS) is 17.9. The van der Waals surface area contributed by atoms with Gasteiger partial charge >= 0.3 is 23.9 Å². The molecule has 1 aliphatic rings. The first-order valence-corrected chi connectivity index (χ1v) is 6.12. The molecule has 1 heterocycles. The molecule has 1 rings (SSSR count). The number of carbonyl (C=O) groups excluding carboxylic acids is 3. The largest absolute Gasteiger partial charge is 0.479 e. The number of esters is 3. The maximum absolute atomic E-state index is 10.6. The third kappa shape index (κ3) is 8.58. The number of cyclic esters (lactones) is 1. The Morgan fingerprint density at radius 2 is 2.00 bits per heavy atom. The molecule has 0 saturated carbocycles. The zero-order valence-electron chi connectivity index (χ0n) is 11.7. The lowest BCUT2D eigenvalue weighted by Crippen LogP contribution is -2.26. The number of carbonyl (C=O) groups is 4. The van der Waals surface area contributed by atoms with Crippen LogP contribution in [-0.2, 0) is 33.4 Å². The minimum atomic E-state index is -1.24. The van der Waals surface area contributed by atoms with Crippen LogP contribution in [0, 0.1) is 0 Å². The molecule has 1 saturated heterocycles. The quantitative estimate of drug-likeness (QED) is 0.508. The molecular weight excluding hydrogens is 288 g/mol. The van der Waals surface area contributed by atoms with Gasteiger partial charge in [-0.2, -0.15) is 0 Å². The number of aliphatic carboxylic acids is 1. The molecule has 0 aromatic carbocycles. The van der Waals surface area contributed by atoms with Gasteiger partial charge < -0.3 is 24.4 Å². The SMILES string of the molecule is CC(=O)OC(CCO)C(=O)O.CC(=O)OC1CCOC1=O.[2HH]. The molecule has 0 spiro atoms. The van der Waals surface area contributed by atoms with E-state index in [0.717, 1.165) is 6.92 Å². The molecule has 0 bridgehead atoms. The highest BCUT2D eigenvalue weighted by atomic mass is 16.6. The van der Waals surface area contributed by atoms with Crippen molar-refractivity contribution < 1.29 is 45.0 Å². The second-order valence-corrected chi connectivity index (χ2v) is 4.00. The zero-order chi connectivity index (χ0) is 16.4. The van der Waals surface area contributed by atoms with E-state index in [0.29, 0.717) is 13.0 Å². The Kier molecular flexibility index (Phi) is 8.70. The molecule has 0 radical (unpaired) electrons. The van der Waals surface area contributed by atoms with Gasteiger partial charge in [-0.3, -0.25) is 9.59 Å². The van der Waals surface area contributed by atoms with Gasteiger partial charge in [-0.1, -0.05) is 0 Å². The number of hydrogen-bond donors (Lipinski definition) is 2. The van der Waals surface area contributed by atoms with Crippen molar-refractivity contribution in [3.05, 3.63) is 0 Å². The van der Waals surface area contributed by atoms with Gasteiger partial charge in [0.15, 0.2) is 0 Å². The van der Waals surface area contributed by atoms with Gasteiger partial charge in [-0.15, -0.1) is 0 Å². The zero-order valence-corrected chi connectivity index (χ0v) is 11.7. The average molecular weight is 309 g/mol. The Hall–Kier alpha value is -2.16. The van der Waals surface area contributed by atoms with Crippen molar-refractivity contribution in [1.82, 2.24) is 0 Å². The molecule has 0 amide bonds. The summed E-state index contributed by atoms with van der Waals surface area (Å²) in [6, 6.07) is 0. The first kappa shape index (κ1) is 18.8. The number of ether oxygens (including phenoxy) is 3. The fraction of sp³-hybridized carbons (Fsp3) is 0.667. The minimum Gasteiger partial charge on any atom is -0.479 e. The van der Waals surface area contributed by atoms with E-state index < -0.39 is 36.1 Å².